The maximum absolute atomic E-state index is 5.19. The fourth-order valence-corrected chi connectivity index (χ4v) is 3.25. The average molecular weight is 303 g/mol. The van der Waals surface area contributed by atoms with E-state index < -0.39 is 0 Å². The predicted octanol–water partition coefficient (Wildman–Crippen LogP) is 4.30. The summed E-state index contributed by atoms with van der Waals surface area (Å²) in [6, 6.07) is 11.6. The van der Waals surface area contributed by atoms with E-state index in [2.05, 4.69) is 48.1 Å². The van der Waals surface area contributed by atoms with E-state index in [4.69, 9.17) is 4.74 Å². The van der Waals surface area contributed by atoms with Crippen LogP contribution in [0.3, 0.4) is 0 Å². The SMILES string of the molecule is COc1ccc(CCC(C)NC(C)Cc2ccsc2)cc1. The summed E-state index contributed by atoms with van der Waals surface area (Å²) in [5.41, 5.74) is 2.80. The second-order valence-electron chi connectivity index (χ2n) is 5.69. The standard InChI is InChI=1S/C18H25NOS/c1-14(19-15(2)12-17-10-11-21-13-17)4-5-16-6-8-18(20-3)9-7-16/h6-11,13-15,19H,4-5,12H2,1-3H3. The minimum absolute atomic E-state index is 0.519. The summed E-state index contributed by atoms with van der Waals surface area (Å²) in [5.74, 6) is 0.925. The van der Waals surface area contributed by atoms with Crippen molar-refractivity contribution < 1.29 is 4.74 Å². The molecule has 2 aromatic rings. The van der Waals surface area contributed by atoms with Gasteiger partial charge >= 0.3 is 0 Å². The molecule has 1 N–H and O–H groups in total. The molecule has 21 heavy (non-hydrogen) atoms. The van der Waals surface area contributed by atoms with Gasteiger partial charge < -0.3 is 10.1 Å². The Hall–Kier alpha value is -1.32. The normalized spacial score (nSPS) is 13.9. The molecule has 0 bridgehead atoms. The summed E-state index contributed by atoms with van der Waals surface area (Å²) in [6.07, 6.45) is 3.36. The first-order valence-electron chi connectivity index (χ1n) is 7.57. The van der Waals surface area contributed by atoms with Crippen LogP contribution >= 0.6 is 11.3 Å². The molecule has 0 amide bonds. The molecular formula is C18H25NOS. The number of nitrogens with one attached hydrogen (secondary N) is 1. The Morgan fingerprint density at radius 2 is 1.81 bits per heavy atom. The van der Waals surface area contributed by atoms with Gasteiger partial charge in [-0.2, -0.15) is 11.3 Å². The molecule has 1 aromatic carbocycles. The van der Waals surface area contributed by atoms with Gasteiger partial charge in [0.15, 0.2) is 0 Å². The first kappa shape index (κ1) is 16.1. The molecule has 0 saturated heterocycles. The number of hydrogen-bond donors (Lipinski definition) is 1. The Morgan fingerprint density at radius 3 is 2.43 bits per heavy atom. The van der Waals surface area contributed by atoms with Crippen LogP contribution in [0.15, 0.2) is 41.1 Å². The van der Waals surface area contributed by atoms with Crippen LogP contribution in [0, 0.1) is 0 Å². The molecule has 0 radical (unpaired) electrons. The van der Waals surface area contributed by atoms with E-state index in [-0.39, 0.29) is 0 Å². The number of rotatable bonds is 8. The first-order chi connectivity index (χ1) is 10.2. The molecule has 2 rings (SSSR count). The second kappa shape index (κ2) is 8.20. The fraction of sp³-hybridized carbons (Fsp3) is 0.444. The Balaban J connectivity index is 1.72. The molecule has 3 heteroatoms. The minimum Gasteiger partial charge on any atom is -0.497 e. The van der Waals surface area contributed by atoms with E-state index >= 15 is 0 Å². The summed E-state index contributed by atoms with van der Waals surface area (Å²) < 4.78 is 5.19. The molecule has 0 aliphatic carbocycles. The van der Waals surface area contributed by atoms with Crippen LogP contribution in [-0.2, 0) is 12.8 Å². The summed E-state index contributed by atoms with van der Waals surface area (Å²) in [7, 11) is 1.70. The van der Waals surface area contributed by atoms with Crippen molar-refractivity contribution in [1.82, 2.24) is 5.32 Å². The molecule has 2 atom stereocenters. The number of methoxy groups -OCH3 is 1. The van der Waals surface area contributed by atoms with Crippen LogP contribution in [0.5, 0.6) is 5.75 Å². The summed E-state index contributed by atoms with van der Waals surface area (Å²) in [5, 5.41) is 8.08. The number of aryl methyl sites for hydroxylation is 1. The van der Waals surface area contributed by atoms with Gasteiger partial charge in [0.1, 0.15) is 5.75 Å². The predicted molar refractivity (Wildman–Crippen MR) is 91.4 cm³/mol. The monoisotopic (exact) mass is 303 g/mol. The zero-order valence-corrected chi connectivity index (χ0v) is 14.0. The highest BCUT2D eigenvalue weighted by Crippen LogP contribution is 2.14. The van der Waals surface area contributed by atoms with Crippen LogP contribution in [0.25, 0.3) is 0 Å². The van der Waals surface area contributed by atoms with Crippen LogP contribution in [0.2, 0.25) is 0 Å². The van der Waals surface area contributed by atoms with E-state index in [1.807, 2.05) is 12.1 Å². The molecular weight excluding hydrogens is 278 g/mol. The Labute approximate surface area is 132 Å². The van der Waals surface area contributed by atoms with Crippen molar-refractivity contribution in [2.24, 2.45) is 0 Å². The third kappa shape index (κ3) is 5.52. The van der Waals surface area contributed by atoms with Crippen LogP contribution in [0.1, 0.15) is 31.4 Å². The molecule has 2 nitrogen and oxygen atoms in total. The third-order valence-corrected chi connectivity index (χ3v) is 4.45. The highest BCUT2D eigenvalue weighted by molar-refractivity contribution is 7.07. The lowest BCUT2D eigenvalue weighted by atomic mass is 10.0. The maximum atomic E-state index is 5.19. The lowest BCUT2D eigenvalue weighted by molar-refractivity contribution is 0.414. The van der Waals surface area contributed by atoms with Crippen molar-refractivity contribution >= 4 is 11.3 Å². The van der Waals surface area contributed by atoms with Gasteiger partial charge in [-0.15, -0.1) is 0 Å². The Bertz CT molecular complexity index is 507. The van der Waals surface area contributed by atoms with Gasteiger partial charge in [0.05, 0.1) is 7.11 Å². The number of benzene rings is 1. The first-order valence-corrected chi connectivity index (χ1v) is 8.51. The quantitative estimate of drug-likeness (QED) is 0.785. The van der Waals surface area contributed by atoms with Gasteiger partial charge in [-0.25, -0.2) is 0 Å². The van der Waals surface area contributed by atoms with Gasteiger partial charge in [0.2, 0.25) is 0 Å². The van der Waals surface area contributed by atoms with E-state index in [0.717, 1.165) is 25.0 Å². The van der Waals surface area contributed by atoms with E-state index in [1.54, 1.807) is 18.4 Å². The van der Waals surface area contributed by atoms with Crippen LogP contribution < -0.4 is 10.1 Å². The lowest BCUT2D eigenvalue weighted by Crippen LogP contribution is -2.36. The zero-order valence-electron chi connectivity index (χ0n) is 13.1. The highest BCUT2D eigenvalue weighted by atomic mass is 32.1. The molecule has 1 heterocycles. The van der Waals surface area contributed by atoms with Crippen molar-refractivity contribution in [1.29, 1.82) is 0 Å². The van der Waals surface area contributed by atoms with E-state index in [9.17, 15) is 0 Å². The van der Waals surface area contributed by atoms with Crippen molar-refractivity contribution in [3.8, 4) is 5.75 Å². The summed E-state index contributed by atoms with van der Waals surface area (Å²) >= 11 is 1.77. The summed E-state index contributed by atoms with van der Waals surface area (Å²) in [4.78, 5) is 0. The Kier molecular flexibility index (Phi) is 6.27. The van der Waals surface area contributed by atoms with E-state index in [1.165, 1.54) is 11.1 Å². The molecule has 0 aliphatic rings. The van der Waals surface area contributed by atoms with Crippen molar-refractivity contribution in [3.63, 3.8) is 0 Å². The lowest BCUT2D eigenvalue weighted by Gasteiger charge is -2.19. The van der Waals surface area contributed by atoms with Crippen LogP contribution in [0.4, 0.5) is 0 Å². The molecule has 1 aromatic heterocycles. The molecule has 0 saturated carbocycles. The maximum Gasteiger partial charge on any atom is 0.118 e. The molecule has 114 valence electrons. The number of ether oxygens (including phenoxy) is 1. The van der Waals surface area contributed by atoms with Gasteiger partial charge in [0.25, 0.3) is 0 Å². The van der Waals surface area contributed by atoms with Gasteiger partial charge in [-0.1, -0.05) is 12.1 Å². The van der Waals surface area contributed by atoms with Gasteiger partial charge in [-0.3, -0.25) is 0 Å². The van der Waals surface area contributed by atoms with Crippen molar-refractivity contribution in [3.05, 3.63) is 52.2 Å². The largest absolute Gasteiger partial charge is 0.497 e. The molecule has 0 fully saturated rings. The van der Waals surface area contributed by atoms with E-state index in [0.29, 0.717) is 12.1 Å². The highest BCUT2D eigenvalue weighted by Gasteiger charge is 2.08. The minimum atomic E-state index is 0.519. The molecule has 0 aliphatic heterocycles. The molecule has 2 unspecified atom stereocenters. The molecule has 0 spiro atoms. The van der Waals surface area contributed by atoms with Gasteiger partial charge in [0, 0.05) is 12.1 Å². The second-order valence-corrected chi connectivity index (χ2v) is 6.47. The van der Waals surface area contributed by atoms with Crippen molar-refractivity contribution in [2.45, 2.75) is 45.2 Å². The average Bonchev–Trinajstić information content (AvgIpc) is 2.98. The third-order valence-electron chi connectivity index (χ3n) is 3.72. The summed E-state index contributed by atoms with van der Waals surface area (Å²) in [6.45, 7) is 4.54. The zero-order chi connectivity index (χ0) is 15.1. The van der Waals surface area contributed by atoms with Crippen LogP contribution in [-0.4, -0.2) is 19.2 Å². The van der Waals surface area contributed by atoms with Crippen molar-refractivity contribution in [2.75, 3.05) is 7.11 Å². The fourth-order valence-electron chi connectivity index (χ4n) is 2.57. The van der Waals surface area contributed by atoms with Gasteiger partial charge in [-0.05, 0) is 73.2 Å². The Morgan fingerprint density at radius 1 is 1.05 bits per heavy atom. The number of thiophene rings is 1. The number of hydrogen-bond acceptors (Lipinski definition) is 3. The topological polar surface area (TPSA) is 21.3 Å². The smallest absolute Gasteiger partial charge is 0.118 e.